The van der Waals surface area contributed by atoms with Crippen molar-refractivity contribution in [2.45, 2.75) is 26.2 Å². The Kier molecular flexibility index (Phi) is 3.78. The van der Waals surface area contributed by atoms with Crippen LogP contribution in [0.2, 0.25) is 0 Å². The van der Waals surface area contributed by atoms with Crippen LogP contribution in [0.15, 0.2) is 48.8 Å². The highest BCUT2D eigenvalue weighted by atomic mass is 16.2. The molecule has 3 aromatic rings. The molecule has 0 aliphatic heterocycles. The number of amides is 2. The van der Waals surface area contributed by atoms with E-state index in [0.717, 1.165) is 16.7 Å². The molecule has 3 N–H and O–H groups in total. The molecule has 0 aliphatic carbocycles. The van der Waals surface area contributed by atoms with Crippen LogP contribution in [0, 0.1) is 0 Å². The van der Waals surface area contributed by atoms with E-state index >= 15 is 0 Å². The molecule has 3 rings (SSSR count). The fraction of sp³-hybridized carbons (Fsp3) is 0.222. The number of aromatic nitrogens is 2. The Morgan fingerprint density at radius 3 is 2.35 bits per heavy atom. The van der Waals surface area contributed by atoms with Crippen LogP contribution in [0.1, 0.15) is 26.3 Å². The van der Waals surface area contributed by atoms with Gasteiger partial charge in [0.05, 0.1) is 17.4 Å². The predicted octanol–water partition coefficient (Wildman–Crippen LogP) is 4.50. The molecule has 0 saturated heterocycles. The van der Waals surface area contributed by atoms with E-state index < -0.39 is 0 Å². The fourth-order valence-electron chi connectivity index (χ4n) is 2.36. The van der Waals surface area contributed by atoms with Crippen molar-refractivity contribution in [2.75, 3.05) is 10.6 Å². The zero-order valence-corrected chi connectivity index (χ0v) is 13.5. The zero-order valence-electron chi connectivity index (χ0n) is 13.5. The summed E-state index contributed by atoms with van der Waals surface area (Å²) in [5, 5.41) is 5.65. The van der Waals surface area contributed by atoms with Crippen molar-refractivity contribution in [2.24, 2.45) is 0 Å². The number of carbonyl (C=O) groups excluding carboxylic acids is 1. The van der Waals surface area contributed by atoms with Gasteiger partial charge in [-0.15, -0.1) is 0 Å². The Labute approximate surface area is 135 Å². The molecule has 118 valence electrons. The summed E-state index contributed by atoms with van der Waals surface area (Å²) in [6.07, 6.45) is 1.63. The number of rotatable bonds is 2. The van der Waals surface area contributed by atoms with E-state index in [1.807, 2.05) is 42.5 Å². The molecule has 0 spiro atoms. The van der Waals surface area contributed by atoms with Crippen LogP contribution >= 0.6 is 0 Å². The first-order valence-corrected chi connectivity index (χ1v) is 7.53. The maximum atomic E-state index is 12.1. The molecule has 23 heavy (non-hydrogen) atoms. The number of H-pyrrole nitrogens is 1. The molecule has 5 nitrogen and oxygen atoms in total. The first-order valence-electron chi connectivity index (χ1n) is 7.53. The molecule has 2 amide bonds. The standard InChI is InChI=1S/C18H20N4O/c1-18(2,3)12-4-6-13(7-5-12)21-17(23)22-14-8-9-15-16(10-14)20-11-19-15/h4-11H,1-3H3,(H,19,20)(H2,21,22,23). The van der Waals surface area contributed by atoms with Crippen LogP contribution < -0.4 is 10.6 Å². The van der Waals surface area contributed by atoms with Crippen LogP contribution in [0.25, 0.3) is 11.0 Å². The lowest BCUT2D eigenvalue weighted by atomic mass is 9.87. The van der Waals surface area contributed by atoms with Gasteiger partial charge in [0, 0.05) is 11.4 Å². The minimum Gasteiger partial charge on any atom is -0.345 e. The number of urea groups is 1. The van der Waals surface area contributed by atoms with Gasteiger partial charge >= 0.3 is 6.03 Å². The number of imidazole rings is 1. The normalized spacial score (nSPS) is 11.4. The van der Waals surface area contributed by atoms with Gasteiger partial charge in [-0.2, -0.15) is 0 Å². The van der Waals surface area contributed by atoms with Gasteiger partial charge in [0.2, 0.25) is 0 Å². The third-order valence-electron chi connectivity index (χ3n) is 3.69. The minimum atomic E-state index is -0.271. The topological polar surface area (TPSA) is 69.8 Å². The summed E-state index contributed by atoms with van der Waals surface area (Å²) in [5.74, 6) is 0. The Morgan fingerprint density at radius 2 is 1.65 bits per heavy atom. The first-order chi connectivity index (χ1) is 10.9. The van der Waals surface area contributed by atoms with Gasteiger partial charge in [0.15, 0.2) is 0 Å². The number of nitrogens with one attached hydrogen (secondary N) is 3. The Morgan fingerprint density at radius 1 is 1.00 bits per heavy atom. The summed E-state index contributed by atoms with van der Waals surface area (Å²) in [5.41, 5.74) is 4.56. The van der Waals surface area contributed by atoms with Crippen molar-refractivity contribution in [3.05, 3.63) is 54.4 Å². The maximum Gasteiger partial charge on any atom is 0.323 e. The van der Waals surface area contributed by atoms with Gasteiger partial charge in [-0.1, -0.05) is 32.9 Å². The number of aromatic amines is 1. The molecular formula is C18H20N4O. The van der Waals surface area contributed by atoms with Crippen molar-refractivity contribution >= 4 is 28.4 Å². The monoisotopic (exact) mass is 308 g/mol. The average Bonchev–Trinajstić information content (AvgIpc) is 2.94. The molecule has 1 aromatic heterocycles. The van der Waals surface area contributed by atoms with E-state index in [-0.39, 0.29) is 11.4 Å². The highest BCUT2D eigenvalue weighted by Crippen LogP contribution is 2.23. The third-order valence-corrected chi connectivity index (χ3v) is 3.69. The van der Waals surface area contributed by atoms with Gasteiger partial charge in [0.25, 0.3) is 0 Å². The van der Waals surface area contributed by atoms with Crippen molar-refractivity contribution in [1.29, 1.82) is 0 Å². The van der Waals surface area contributed by atoms with Crippen molar-refractivity contribution in [1.82, 2.24) is 9.97 Å². The summed E-state index contributed by atoms with van der Waals surface area (Å²) >= 11 is 0. The molecule has 5 heteroatoms. The van der Waals surface area contributed by atoms with E-state index in [1.54, 1.807) is 6.33 Å². The molecule has 0 aliphatic rings. The van der Waals surface area contributed by atoms with Crippen LogP contribution in [0.3, 0.4) is 0 Å². The SMILES string of the molecule is CC(C)(C)c1ccc(NC(=O)Nc2ccc3nc[nH]c3c2)cc1. The minimum absolute atomic E-state index is 0.0975. The Bertz CT molecular complexity index is 828. The highest BCUT2D eigenvalue weighted by Gasteiger charge is 2.13. The summed E-state index contributed by atoms with van der Waals surface area (Å²) < 4.78 is 0. The van der Waals surface area contributed by atoms with E-state index in [0.29, 0.717) is 5.69 Å². The Balaban J connectivity index is 1.66. The van der Waals surface area contributed by atoms with Crippen LogP contribution in [0.5, 0.6) is 0 Å². The zero-order chi connectivity index (χ0) is 16.4. The largest absolute Gasteiger partial charge is 0.345 e. The van der Waals surface area contributed by atoms with E-state index in [2.05, 4.69) is 41.4 Å². The average molecular weight is 308 g/mol. The smallest absolute Gasteiger partial charge is 0.323 e. The number of nitrogens with zero attached hydrogens (tertiary/aromatic N) is 1. The highest BCUT2D eigenvalue weighted by molar-refractivity contribution is 6.00. The Hall–Kier alpha value is -2.82. The molecule has 2 aromatic carbocycles. The van der Waals surface area contributed by atoms with Gasteiger partial charge in [-0.3, -0.25) is 0 Å². The number of benzene rings is 2. The number of hydrogen-bond acceptors (Lipinski definition) is 2. The summed E-state index contributed by atoms with van der Waals surface area (Å²) in [6.45, 7) is 6.48. The molecule has 0 radical (unpaired) electrons. The van der Waals surface area contributed by atoms with E-state index in [9.17, 15) is 4.79 Å². The number of hydrogen-bond donors (Lipinski definition) is 3. The number of fused-ring (bicyclic) bond motifs is 1. The van der Waals surface area contributed by atoms with Crippen molar-refractivity contribution < 1.29 is 4.79 Å². The summed E-state index contributed by atoms with van der Waals surface area (Å²) in [7, 11) is 0. The quantitative estimate of drug-likeness (QED) is 0.652. The molecular weight excluding hydrogens is 288 g/mol. The first kappa shape index (κ1) is 15.1. The molecule has 0 bridgehead atoms. The van der Waals surface area contributed by atoms with E-state index in [4.69, 9.17) is 0 Å². The fourth-order valence-corrected chi connectivity index (χ4v) is 2.36. The second-order valence-corrected chi connectivity index (χ2v) is 6.54. The van der Waals surface area contributed by atoms with Gasteiger partial charge in [-0.05, 0) is 41.3 Å². The third kappa shape index (κ3) is 3.51. The number of anilines is 2. The van der Waals surface area contributed by atoms with Gasteiger partial charge in [-0.25, -0.2) is 9.78 Å². The van der Waals surface area contributed by atoms with Crippen molar-refractivity contribution in [3.63, 3.8) is 0 Å². The molecule has 0 saturated carbocycles. The van der Waals surface area contributed by atoms with E-state index in [1.165, 1.54) is 5.56 Å². The molecule has 0 atom stereocenters. The van der Waals surface area contributed by atoms with Crippen LogP contribution in [-0.2, 0) is 5.41 Å². The lowest BCUT2D eigenvalue weighted by molar-refractivity contribution is 0.262. The molecule has 0 unspecified atom stereocenters. The maximum absolute atomic E-state index is 12.1. The van der Waals surface area contributed by atoms with Gasteiger partial charge in [0.1, 0.15) is 0 Å². The summed E-state index contributed by atoms with van der Waals surface area (Å²) in [4.78, 5) is 19.3. The summed E-state index contributed by atoms with van der Waals surface area (Å²) in [6, 6.07) is 13.2. The second-order valence-electron chi connectivity index (χ2n) is 6.54. The number of carbonyl (C=O) groups is 1. The lowest BCUT2D eigenvalue weighted by Gasteiger charge is -2.19. The van der Waals surface area contributed by atoms with Gasteiger partial charge < -0.3 is 15.6 Å². The molecule has 0 fully saturated rings. The van der Waals surface area contributed by atoms with Crippen molar-refractivity contribution in [3.8, 4) is 0 Å². The van der Waals surface area contributed by atoms with Crippen LogP contribution in [-0.4, -0.2) is 16.0 Å². The second kappa shape index (κ2) is 5.76. The predicted molar refractivity (Wildman–Crippen MR) is 93.9 cm³/mol. The van der Waals surface area contributed by atoms with Crippen LogP contribution in [0.4, 0.5) is 16.2 Å². The molecule has 1 heterocycles. The lowest BCUT2D eigenvalue weighted by Crippen LogP contribution is -2.19.